The Hall–Kier alpha value is -3.93. The molecule has 0 bridgehead atoms. The molecule has 5 aromatic rings. The lowest BCUT2D eigenvalue weighted by Gasteiger charge is -2.06. The summed E-state index contributed by atoms with van der Waals surface area (Å²) in [5.74, 6) is 2.03. The zero-order chi connectivity index (χ0) is 18.1. The van der Waals surface area contributed by atoms with Crippen LogP contribution >= 0.6 is 0 Å². The number of nitrogens with one attached hydrogen (secondary N) is 1. The monoisotopic (exact) mass is 352 g/mol. The van der Waals surface area contributed by atoms with Crippen molar-refractivity contribution < 1.29 is 0 Å². The SMILES string of the molecule is c1ccc(Nc2nnc3n(-c4ccccc4)c(-c4ccccc4)nn23)cc1. The van der Waals surface area contributed by atoms with Crippen LogP contribution in [0.2, 0.25) is 0 Å². The zero-order valence-electron chi connectivity index (χ0n) is 14.4. The lowest BCUT2D eigenvalue weighted by Crippen LogP contribution is -1.98. The van der Waals surface area contributed by atoms with E-state index in [0.717, 1.165) is 22.8 Å². The zero-order valence-corrected chi connectivity index (χ0v) is 14.4. The Labute approximate surface area is 155 Å². The van der Waals surface area contributed by atoms with Crippen molar-refractivity contribution in [2.75, 3.05) is 5.32 Å². The minimum Gasteiger partial charge on any atom is -0.323 e. The number of anilines is 2. The van der Waals surface area contributed by atoms with E-state index >= 15 is 0 Å². The Morgan fingerprint density at radius 3 is 2.00 bits per heavy atom. The molecular weight excluding hydrogens is 336 g/mol. The molecule has 0 aliphatic heterocycles. The summed E-state index contributed by atoms with van der Waals surface area (Å²) in [5.41, 5.74) is 2.93. The largest absolute Gasteiger partial charge is 0.323 e. The number of aromatic nitrogens is 5. The first kappa shape index (κ1) is 15.3. The van der Waals surface area contributed by atoms with Gasteiger partial charge in [-0.05, 0) is 24.3 Å². The Bertz CT molecular complexity index is 1180. The van der Waals surface area contributed by atoms with Crippen molar-refractivity contribution in [3.63, 3.8) is 0 Å². The fourth-order valence-corrected chi connectivity index (χ4v) is 3.05. The predicted molar refractivity (Wildman–Crippen MR) is 105 cm³/mol. The summed E-state index contributed by atoms with van der Waals surface area (Å²) in [6.07, 6.45) is 0. The highest BCUT2D eigenvalue weighted by molar-refractivity contribution is 5.64. The highest BCUT2D eigenvalue weighted by Gasteiger charge is 2.19. The molecule has 6 heteroatoms. The lowest BCUT2D eigenvalue weighted by molar-refractivity contribution is 0.964. The molecule has 5 rings (SSSR count). The maximum Gasteiger partial charge on any atom is 0.260 e. The van der Waals surface area contributed by atoms with E-state index < -0.39 is 0 Å². The molecule has 2 aromatic heterocycles. The molecule has 0 aliphatic carbocycles. The second-order valence-corrected chi connectivity index (χ2v) is 6.09. The number of hydrogen-bond acceptors (Lipinski definition) is 4. The van der Waals surface area contributed by atoms with Gasteiger partial charge in [-0.1, -0.05) is 66.7 Å². The maximum atomic E-state index is 4.81. The van der Waals surface area contributed by atoms with Crippen LogP contribution in [0.15, 0.2) is 91.0 Å². The summed E-state index contributed by atoms with van der Waals surface area (Å²) in [5, 5.41) is 16.8. The molecule has 0 fully saturated rings. The Morgan fingerprint density at radius 2 is 1.30 bits per heavy atom. The van der Waals surface area contributed by atoms with Crippen molar-refractivity contribution in [1.82, 2.24) is 24.4 Å². The van der Waals surface area contributed by atoms with Crippen LogP contribution in [0.1, 0.15) is 0 Å². The van der Waals surface area contributed by atoms with Crippen LogP contribution in [-0.2, 0) is 0 Å². The summed E-state index contributed by atoms with van der Waals surface area (Å²) in [6, 6.07) is 30.0. The van der Waals surface area contributed by atoms with Crippen LogP contribution in [0.3, 0.4) is 0 Å². The molecular formula is C21H16N6. The molecule has 0 saturated carbocycles. The minimum absolute atomic E-state index is 0.572. The standard InChI is InChI=1S/C21H16N6/c1-4-10-16(11-5-1)19-25-27-20(22-17-12-6-2-7-13-17)23-24-21(27)26(19)18-14-8-3-9-15-18/h1-15H,(H,22,23). The van der Waals surface area contributed by atoms with Gasteiger partial charge in [0.1, 0.15) is 0 Å². The minimum atomic E-state index is 0.572. The Balaban J connectivity index is 1.71. The molecule has 0 amide bonds. The van der Waals surface area contributed by atoms with Crippen LogP contribution in [0.4, 0.5) is 11.6 Å². The van der Waals surface area contributed by atoms with E-state index in [-0.39, 0.29) is 0 Å². The van der Waals surface area contributed by atoms with E-state index in [0.29, 0.717) is 11.7 Å². The van der Waals surface area contributed by atoms with Gasteiger partial charge in [0, 0.05) is 11.3 Å². The molecule has 0 aliphatic rings. The van der Waals surface area contributed by atoms with Crippen LogP contribution in [0.25, 0.3) is 22.9 Å². The first-order valence-electron chi connectivity index (χ1n) is 8.67. The van der Waals surface area contributed by atoms with Crippen LogP contribution in [0, 0.1) is 0 Å². The molecule has 1 N–H and O–H groups in total. The molecule has 6 nitrogen and oxygen atoms in total. The molecule has 130 valence electrons. The van der Waals surface area contributed by atoms with Gasteiger partial charge in [-0.3, -0.25) is 4.57 Å². The average Bonchev–Trinajstić information content (AvgIpc) is 3.30. The maximum absolute atomic E-state index is 4.81. The highest BCUT2D eigenvalue weighted by Crippen LogP contribution is 2.26. The first-order chi connectivity index (χ1) is 13.4. The van der Waals surface area contributed by atoms with Crippen molar-refractivity contribution in [3.05, 3.63) is 91.0 Å². The predicted octanol–water partition coefficient (Wildman–Crippen LogP) is 4.33. The van der Waals surface area contributed by atoms with Gasteiger partial charge in [-0.25, -0.2) is 0 Å². The van der Waals surface area contributed by atoms with Crippen LogP contribution < -0.4 is 5.32 Å². The number of fused-ring (bicyclic) bond motifs is 1. The van der Waals surface area contributed by atoms with Gasteiger partial charge in [0.25, 0.3) is 11.7 Å². The van der Waals surface area contributed by atoms with Gasteiger partial charge < -0.3 is 5.32 Å². The topological polar surface area (TPSA) is 60.0 Å². The molecule has 3 aromatic carbocycles. The summed E-state index contributed by atoms with van der Waals surface area (Å²) >= 11 is 0. The van der Waals surface area contributed by atoms with Crippen LogP contribution in [0.5, 0.6) is 0 Å². The van der Waals surface area contributed by atoms with Gasteiger partial charge in [0.2, 0.25) is 0 Å². The third-order valence-corrected chi connectivity index (χ3v) is 4.31. The third-order valence-electron chi connectivity index (χ3n) is 4.31. The number of rotatable bonds is 4. The highest BCUT2D eigenvalue weighted by atomic mass is 15.5. The number of nitrogens with zero attached hydrogens (tertiary/aromatic N) is 5. The molecule has 0 atom stereocenters. The normalized spacial score (nSPS) is 11.0. The summed E-state index contributed by atoms with van der Waals surface area (Å²) in [6.45, 7) is 0. The van der Waals surface area contributed by atoms with E-state index in [1.54, 1.807) is 4.52 Å². The second kappa shape index (κ2) is 6.42. The number of hydrogen-bond donors (Lipinski definition) is 1. The van der Waals surface area contributed by atoms with E-state index in [9.17, 15) is 0 Å². The average molecular weight is 352 g/mol. The van der Waals surface area contributed by atoms with Gasteiger partial charge in [-0.15, -0.1) is 15.3 Å². The summed E-state index contributed by atoms with van der Waals surface area (Å²) < 4.78 is 3.75. The van der Waals surface area contributed by atoms with E-state index in [1.807, 2.05) is 95.6 Å². The van der Waals surface area contributed by atoms with Gasteiger partial charge in [0.15, 0.2) is 5.82 Å². The molecule has 0 radical (unpaired) electrons. The van der Waals surface area contributed by atoms with Crippen molar-refractivity contribution >= 4 is 17.4 Å². The molecule has 0 spiro atoms. The summed E-state index contributed by atoms with van der Waals surface area (Å²) in [7, 11) is 0. The Morgan fingerprint density at radius 1 is 0.667 bits per heavy atom. The van der Waals surface area contributed by atoms with Gasteiger partial charge >= 0.3 is 0 Å². The molecule has 0 unspecified atom stereocenters. The smallest absolute Gasteiger partial charge is 0.260 e. The lowest BCUT2D eigenvalue weighted by atomic mass is 10.2. The van der Waals surface area contributed by atoms with Crippen LogP contribution in [-0.4, -0.2) is 24.4 Å². The number of benzene rings is 3. The van der Waals surface area contributed by atoms with E-state index in [2.05, 4.69) is 15.5 Å². The Kier molecular flexibility index (Phi) is 3.65. The fraction of sp³-hybridized carbons (Fsp3) is 0. The third kappa shape index (κ3) is 2.73. The molecule has 27 heavy (non-hydrogen) atoms. The summed E-state index contributed by atoms with van der Waals surface area (Å²) in [4.78, 5) is 0. The van der Waals surface area contributed by atoms with Crippen molar-refractivity contribution in [3.8, 4) is 17.1 Å². The van der Waals surface area contributed by atoms with E-state index in [4.69, 9.17) is 5.10 Å². The van der Waals surface area contributed by atoms with Crippen molar-refractivity contribution in [1.29, 1.82) is 0 Å². The van der Waals surface area contributed by atoms with Gasteiger partial charge in [-0.2, -0.15) is 4.52 Å². The second-order valence-electron chi connectivity index (χ2n) is 6.09. The van der Waals surface area contributed by atoms with Crippen molar-refractivity contribution in [2.24, 2.45) is 0 Å². The van der Waals surface area contributed by atoms with E-state index in [1.165, 1.54) is 0 Å². The fourth-order valence-electron chi connectivity index (χ4n) is 3.05. The van der Waals surface area contributed by atoms with Gasteiger partial charge in [0.05, 0.1) is 5.69 Å². The van der Waals surface area contributed by atoms with Crippen molar-refractivity contribution in [2.45, 2.75) is 0 Å². The number of para-hydroxylation sites is 2. The molecule has 0 saturated heterocycles. The first-order valence-corrected chi connectivity index (χ1v) is 8.67. The molecule has 2 heterocycles. The quantitative estimate of drug-likeness (QED) is 0.523.